The highest BCUT2D eigenvalue weighted by atomic mass is 16.5. The molecule has 1 saturated carbocycles. The van der Waals surface area contributed by atoms with Gasteiger partial charge >= 0.3 is 0 Å². The standard InChI is InChI=1S/C22H36O/c1-3-4-5-6-7-8-19-9-11-20(12-10-19)13-14-21-15-17-22(23-2)18-16-21/h15-20H,3-14H2,1-2H3. The van der Waals surface area contributed by atoms with E-state index in [4.69, 9.17) is 4.74 Å². The van der Waals surface area contributed by atoms with Gasteiger partial charge in [0.25, 0.3) is 0 Å². The Kier molecular flexibility index (Phi) is 8.57. The van der Waals surface area contributed by atoms with Gasteiger partial charge in [-0.15, -0.1) is 0 Å². The van der Waals surface area contributed by atoms with E-state index in [2.05, 4.69) is 31.2 Å². The molecule has 0 atom stereocenters. The maximum Gasteiger partial charge on any atom is 0.118 e. The quantitative estimate of drug-likeness (QED) is 0.431. The van der Waals surface area contributed by atoms with E-state index in [1.165, 1.54) is 82.6 Å². The van der Waals surface area contributed by atoms with Crippen molar-refractivity contribution in [3.05, 3.63) is 29.8 Å². The van der Waals surface area contributed by atoms with Crippen LogP contribution in [0.25, 0.3) is 0 Å². The van der Waals surface area contributed by atoms with E-state index < -0.39 is 0 Å². The Hall–Kier alpha value is -0.980. The zero-order chi connectivity index (χ0) is 16.3. The van der Waals surface area contributed by atoms with E-state index in [9.17, 15) is 0 Å². The third kappa shape index (κ3) is 6.97. The van der Waals surface area contributed by atoms with E-state index >= 15 is 0 Å². The van der Waals surface area contributed by atoms with Crippen LogP contribution in [0, 0.1) is 11.8 Å². The molecule has 1 aromatic carbocycles. The number of hydrogen-bond acceptors (Lipinski definition) is 1. The van der Waals surface area contributed by atoms with Crippen LogP contribution in [-0.4, -0.2) is 7.11 Å². The summed E-state index contributed by atoms with van der Waals surface area (Å²) in [6.07, 6.45) is 17.2. The molecule has 130 valence electrons. The van der Waals surface area contributed by atoms with Crippen LogP contribution in [0.1, 0.15) is 83.1 Å². The molecule has 0 amide bonds. The zero-order valence-corrected chi connectivity index (χ0v) is 15.4. The summed E-state index contributed by atoms with van der Waals surface area (Å²) in [5.74, 6) is 2.97. The van der Waals surface area contributed by atoms with Crippen molar-refractivity contribution in [3.63, 3.8) is 0 Å². The Balaban J connectivity index is 1.57. The molecule has 1 aromatic rings. The Morgan fingerprint density at radius 1 is 0.826 bits per heavy atom. The van der Waals surface area contributed by atoms with Crippen LogP contribution in [0.3, 0.4) is 0 Å². The van der Waals surface area contributed by atoms with Crippen LogP contribution >= 0.6 is 0 Å². The number of unbranched alkanes of at least 4 members (excludes halogenated alkanes) is 4. The smallest absolute Gasteiger partial charge is 0.118 e. The number of ether oxygens (including phenoxy) is 1. The van der Waals surface area contributed by atoms with Gasteiger partial charge in [0.2, 0.25) is 0 Å². The van der Waals surface area contributed by atoms with Gasteiger partial charge in [-0.2, -0.15) is 0 Å². The maximum atomic E-state index is 5.23. The van der Waals surface area contributed by atoms with Gasteiger partial charge in [0.15, 0.2) is 0 Å². The van der Waals surface area contributed by atoms with Crippen molar-refractivity contribution in [2.75, 3.05) is 7.11 Å². The SMILES string of the molecule is CCCCCCCC1CCC(CCc2ccc(OC)cc2)CC1. The minimum Gasteiger partial charge on any atom is -0.497 e. The Morgan fingerprint density at radius 2 is 1.43 bits per heavy atom. The highest BCUT2D eigenvalue weighted by molar-refractivity contribution is 5.27. The number of methoxy groups -OCH3 is 1. The zero-order valence-electron chi connectivity index (χ0n) is 15.4. The summed E-state index contributed by atoms with van der Waals surface area (Å²) in [6, 6.07) is 8.62. The molecular formula is C22H36O. The molecule has 0 aromatic heterocycles. The van der Waals surface area contributed by atoms with E-state index in [0.29, 0.717) is 0 Å². The first kappa shape index (κ1) is 18.4. The second-order valence-corrected chi connectivity index (χ2v) is 7.48. The lowest BCUT2D eigenvalue weighted by Gasteiger charge is -2.28. The molecule has 2 rings (SSSR count). The van der Waals surface area contributed by atoms with Gasteiger partial charge in [-0.3, -0.25) is 0 Å². The molecule has 1 nitrogen and oxygen atoms in total. The fraction of sp³-hybridized carbons (Fsp3) is 0.727. The first-order valence-corrected chi connectivity index (χ1v) is 9.94. The van der Waals surface area contributed by atoms with Crippen LogP contribution in [0.5, 0.6) is 5.75 Å². The average molecular weight is 317 g/mol. The molecule has 23 heavy (non-hydrogen) atoms. The van der Waals surface area contributed by atoms with Crippen LogP contribution < -0.4 is 4.74 Å². The van der Waals surface area contributed by atoms with Crippen molar-refractivity contribution in [1.29, 1.82) is 0 Å². The average Bonchev–Trinajstić information content (AvgIpc) is 2.61. The number of hydrogen-bond donors (Lipinski definition) is 0. The van der Waals surface area contributed by atoms with Gasteiger partial charge in [-0.05, 0) is 42.4 Å². The highest BCUT2D eigenvalue weighted by Gasteiger charge is 2.20. The minimum absolute atomic E-state index is 0.966. The van der Waals surface area contributed by atoms with Gasteiger partial charge in [0, 0.05) is 0 Å². The predicted octanol–water partition coefficient (Wildman–Crippen LogP) is 6.79. The first-order valence-electron chi connectivity index (χ1n) is 9.94. The summed E-state index contributed by atoms with van der Waals surface area (Å²) in [5.41, 5.74) is 1.46. The summed E-state index contributed by atoms with van der Waals surface area (Å²) >= 11 is 0. The third-order valence-electron chi connectivity index (χ3n) is 5.68. The molecule has 0 heterocycles. The van der Waals surface area contributed by atoms with Crippen molar-refractivity contribution in [2.45, 2.75) is 84.0 Å². The van der Waals surface area contributed by atoms with Gasteiger partial charge in [-0.25, -0.2) is 0 Å². The van der Waals surface area contributed by atoms with Gasteiger partial charge in [-0.1, -0.05) is 83.3 Å². The fourth-order valence-corrected chi connectivity index (χ4v) is 4.01. The molecule has 0 bridgehead atoms. The normalized spacial score (nSPS) is 21.3. The molecule has 0 aliphatic heterocycles. The third-order valence-corrected chi connectivity index (χ3v) is 5.68. The Morgan fingerprint density at radius 3 is 2.04 bits per heavy atom. The summed E-state index contributed by atoms with van der Waals surface area (Å²) in [4.78, 5) is 0. The van der Waals surface area contributed by atoms with Crippen LogP contribution in [-0.2, 0) is 6.42 Å². The van der Waals surface area contributed by atoms with Crippen molar-refractivity contribution in [3.8, 4) is 5.75 Å². The molecule has 0 saturated heterocycles. The lowest BCUT2D eigenvalue weighted by molar-refractivity contribution is 0.248. The van der Waals surface area contributed by atoms with Crippen molar-refractivity contribution >= 4 is 0 Å². The molecule has 1 fully saturated rings. The summed E-state index contributed by atoms with van der Waals surface area (Å²) < 4.78 is 5.23. The molecule has 1 aliphatic carbocycles. The van der Waals surface area contributed by atoms with Crippen LogP contribution in [0.4, 0.5) is 0 Å². The summed E-state index contributed by atoms with van der Waals surface area (Å²) in [7, 11) is 1.73. The molecule has 1 aliphatic rings. The van der Waals surface area contributed by atoms with E-state index in [1.54, 1.807) is 7.11 Å². The maximum absolute atomic E-state index is 5.23. The van der Waals surface area contributed by atoms with Crippen LogP contribution in [0.15, 0.2) is 24.3 Å². The van der Waals surface area contributed by atoms with E-state index in [1.807, 2.05) is 0 Å². The summed E-state index contributed by atoms with van der Waals surface area (Å²) in [6.45, 7) is 2.30. The Bertz CT molecular complexity index is 400. The van der Waals surface area contributed by atoms with Crippen LogP contribution in [0.2, 0.25) is 0 Å². The van der Waals surface area contributed by atoms with Crippen molar-refractivity contribution in [1.82, 2.24) is 0 Å². The Labute approximate surface area is 143 Å². The molecule has 0 spiro atoms. The van der Waals surface area contributed by atoms with Crippen molar-refractivity contribution in [2.24, 2.45) is 11.8 Å². The lowest BCUT2D eigenvalue weighted by atomic mass is 9.78. The molecule has 0 radical (unpaired) electrons. The highest BCUT2D eigenvalue weighted by Crippen LogP contribution is 2.34. The monoisotopic (exact) mass is 316 g/mol. The van der Waals surface area contributed by atoms with Crippen molar-refractivity contribution < 1.29 is 4.74 Å². The number of rotatable bonds is 10. The van der Waals surface area contributed by atoms with Gasteiger partial charge < -0.3 is 4.74 Å². The summed E-state index contributed by atoms with van der Waals surface area (Å²) in [5, 5.41) is 0. The van der Waals surface area contributed by atoms with Gasteiger partial charge in [0.05, 0.1) is 7.11 Å². The molecule has 1 heteroatoms. The first-order chi connectivity index (χ1) is 11.3. The molecule has 0 N–H and O–H groups in total. The second-order valence-electron chi connectivity index (χ2n) is 7.48. The molecular weight excluding hydrogens is 280 g/mol. The number of aryl methyl sites for hydroxylation is 1. The van der Waals surface area contributed by atoms with Gasteiger partial charge in [0.1, 0.15) is 5.75 Å². The van der Waals surface area contributed by atoms with E-state index in [-0.39, 0.29) is 0 Å². The number of benzene rings is 1. The minimum atomic E-state index is 0.966. The van der Waals surface area contributed by atoms with E-state index in [0.717, 1.165) is 17.6 Å². The second kappa shape index (κ2) is 10.7. The predicted molar refractivity (Wildman–Crippen MR) is 100 cm³/mol. The fourth-order valence-electron chi connectivity index (χ4n) is 4.01. The lowest BCUT2D eigenvalue weighted by Crippen LogP contribution is -2.15. The topological polar surface area (TPSA) is 9.23 Å². The largest absolute Gasteiger partial charge is 0.497 e. The molecule has 0 unspecified atom stereocenters.